The highest BCUT2D eigenvalue weighted by molar-refractivity contribution is 5.86. The molecule has 1 fully saturated rings. The van der Waals surface area contributed by atoms with Crippen molar-refractivity contribution in [1.29, 1.82) is 5.26 Å². The predicted molar refractivity (Wildman–Crippen MR) is 68.3 cm³/mol. The van der Waals surface area contributed by atoms with Crippen molar-refractivity contribution in [3.8, 4) is 11.8 Å². The molecule has 0 spiro atoms. The number of methoxy groups -OCH3 is 1. The molecule has 5 nitrogen and oxygen atoms in total. The van der Waals surface area contributed by atoms with Gasteiger partial charge in [-0.2, -0.15) is 5.26 Å². The topological polar surface area (TPSA) is 62.6 Å². The molecule has 0 atom stereocenters. The number of benzene rings is 1. The molecule has 0 unspecified atom stereocenters. The summed E-state index contributed by atoms with van der Waals surface area (Å²) < 4.78 is 10.1. The number of hydrogen-bond acceptors (Lipinski definition) is 4. The fourth-order valence-electron chi connectivity index (χ4n) is 1.98. The SMILES string of the molecule is COc1ccc(CN(C)C(=O)C2(C#N)COC2)cc1. The summed E-state index contributed by atoms with van der Waals surface area (Å²) in [4.78, 5) is 13.8. The molecule has 1 heterocycles. The second kappa shape index (κ2) is 5.29. The number of ether oxygens (including phenoxy) is 2. The molecule has 100 valence electrons. The number of nitriles is 1. The number of hydrogen-bond donors (Lipinski definition) is 0. The number of rotatable bonds is 4. The van der Waals surface area contributed by atoms with E-state index in [4.69, 9.17) is 14.7 Å². The number of amides is 1. The van der Waals surface area contributed by atoms with Crippen molar-refractivity contribution in [3.05, 3.63) is 29.8 Å². The summed E-state index contributed by atoms with van der Waals surface area (Å²) in [6, 6.07) is 9.56. The van der Waals surface area contributed by atoms with Crippen LogP contribution in [0.4, 0.5) is 0 Å². The van der Waals surface area contributed by atoms with E-state index in [-0.39, 0.29) is 19.1 Å². The van der Waals surface area contributed by atoms with Gasteiger partial charge in [0.2, 0.25) is 5.91 Å². The molecular weight excluding hydrogens is 244 g/mol. The summed E-state index contributed by atoms with van der Waals surface area (Å²) in [6.45, 7) is 0.844. The minimum atomic E-state index is -0.985. The lowest BCUT2D eigenvalue weighted by Crippen LogP contribution is -2.53. The first-order valence-electron chi connectivity index (χ1n) is 5.99. The Hall–Kier alpha value is -2.06. The number of nitrogens with zero attached hydrogens (tertiary/aromatic N) is 2. The van der Waals surface area contributed by atoms with E-state index in [1.165, 1.54) is 0 Å². The van der Waals surface area contributed by atoms with Crippen molar-refractivity contribution in [1.82, 2.24) is 4.90 Å². The molecule has 1 saturated heterocycles. The van der Waals surface area contributed by atoms with Gasteiger partial charge < -0.3 is 14.4 Å². The average Bonchev–Trinajstić information content (AvgIpc) is 2.39. The van der Waals surface area contributed by atoms with Crippen LogP contribution in [0.2, 0.25) is 0 Å². The molecule has 0 aliphatic carbocycles. The zero-order valence-electron chi connectivity index (χ0n) is 11.0. The van der Waals surface area contributed by atoms with E-state index in [1.54, 1.807) is 19.1 Å². The van der Waals surface area contributed by atoms with Crippen LogP contribution in [0.15, 0.2) is 24.3 Å². The van der Waals surface area contributed by atoms with Gasteiger partial charge in [0, 0.05) is 13.6 Å². The van der Waals surface area contributed by atoms with Crippen LogP contribution in [0, 0.1) is 16.7 Å². The molecule has 1 aromatic carbocycles. The van der Waals surface area contributed by atoms with Gasteiger partial charge in [-0.1, -0.05) is 12.1 Å². The Labute approximate surface area is 112 Å². The van der Waals surface area contributed by atoms with E-state index in [9.17, 15) is 4.79 Å². The maximum absolute atomic E-state index is 12.2. The Kier molecular flexibility index (Phi) is 3.72. The summed E-state index contributed by atoms with van der Waals surface area (Å²) in [5.41, 5.74) is 0.00582. The maximum Gasteiger partial charge on any atom is 0.247 e. The van der Waals surface area contributed by atoms with Crippen LogP contribution in [0.5, 0.6) is 5.75 Å². The van der Waals surface area contributed by atoms with Crippen LogP contribution in [-0.4, -0.2) is 38.2 Å². The van der Waals surface area contributed by atoms with E-state index in [1.807, 2.05) is 24.3 Å². The average molecular weight is 260 g/mol. The standard InChI is InChI=1S/C14H16N2O3/c1-16(13(17)14(8-15)9-19-10-14)7-11-3-5-12(18-2)6-4-11/h3-6H,7,9-10H2,1-2H3. The highest BCUT2D eigenvalue weighted by Crippen LogP contribution is 2.29. The highest BCUT2D eigenvalue weighted by atomic mass is 16.5. The van der Waals surface area contributed by atoms with Crippen molar-refractivity contribution in [2.24, 2.45) is 5.41 Å². The first-order valence-corrected chi connectivity index (χ1v) is 5.99. The summed E-state index contributed by atoms with van der Waals surface area (Å²) in [5, 5.41) is 9.10. The Morgan fingerprint density at radius 3 is 2.53 bits per heavy atom. The fourth-order valence-corrected chi connectivity index (χ4v) is 1.98. The molecule has 19 heavy (non-hydrogen) atoms. The minimum Gasteiger partial charge on any atom is -0.497 e. The third-order valence-electron chi connectivity index (χ3n) is 3.25. The van der Waals surface area contributed by atoms with E-state index >= 15 is 0 Å². The highest BCUT2D eigenvalue weighted by Gasteiger charge is 2.48. The molecule has 1 aromatic rings. The first-order chi connectivity index (χ1) is 9.11. The van der Waals surface area contributed by atoms with Crippen LogP contribution in [0.1, 0.15) is 5.56 Å². The van der Waals surface area contributed by atoms with Crippen LogP contribution in [0.3, 0.4) is 0 Å². The van der Waals surface area contributed by atoms with Gasteiger partial charge in [-0.15, -0.1) is 0 Å². The summed E-state index contributed by atoms with van der Waals surface area (Å²) in [5.74, 6) is 0.593. The largest absolute Gasteiger partial charge is 0.497 e. The van der Waals surface area contributed by atoms with Crippen LogP contribution in [0.25, 0.3) is 0 Å². The number of carbonyl (C=O) groups excluding carboxylic acids is 1. The van der Waals surface area contributed by atoms with Crippen LogP contribution in [-0.2, 0) is 16.1 Å². The molecule has 1 aliphatic rings. The molecule has 5 heteroatoms. The summed E-state index contributed by atoms with van der Waals surface area (Å²) in [6.07, 6.45) is 0. The molecule has 2 rings (SSSR count). The normalized spacial score (nSPS) is 16.1. The Morgan fingerprint density at radius 2 is 2.11 bits per heavy atom. The lowest BCUT2D eigenvalue weighted by molar-refractivity contribution is -0.160. The van der Waals surface area contributed by atoms with Crippen molar-refractivity contribution in [3.63, 3.8) is 0 Å². The third kappa shape index (κ3) is 2.54. The second-order valence-electron chi connectivity index (χ2n) is 4.70. The van der Waals surface area contributed by atoms with Crippen LogP contribution >= 0.6 is 0 Å². The summed E-state index contributed by atoms with van der Waals surface area (Å²) in [7, 11) is 3.31. The van der Waals surface area contributed by atoms with Gasteiger partial charge in [-0.25, -0.2) is 0 Å². The van der Waals surface area contributed by atoms with Gasteiger partial charge >= 0.3 is 0 Å². The minimum absolute atomic E-state index is 0.183. The summed E-state index contributed by atoms with van der Waals surface area (Å²) >= 11 is 0. The van der Waals surface area contributed by atoms with Gasteiger partial charge in [-0.05, 0) is 17.7 Å². The predicted octanol–water partition coefficient (Wildman–Crippen LogP) is 1.19. The molecule has 1 amide bonds. The Balaban J connectivity index is 2.02. The van der Waals surface area contributed by atoms with E-state index in [2.05, 4.69) is 6.07 Å². The Bertz CT molecular complexity index is 500. The molecule has 0 saturated carbocycles. The van der Waals surface area contributed by atoms with Crippen molar-refractivity contribution < 1.29 is 14.3 Å². The number of carbonyl (C=O) groups is 1. The van der Waals surface area contributed by atoms with Crippen molar-refractivity contribution in [2.75, 3.05) is 27.4 Å². The third-order valence-corrected chi connectivity index (χ3v) is 3.25. The van der Waals surface area contributed by atoms with E-state index < -0.39 is 5.41 Å². The quantitative estimate of drug-likeness (QED) is 0.816. The monoisotopic (exact) mass is 260 g/mol. The van der Waals surface area contributed by atoms with Crippen molar-refractivity contribution >= 4 is 5.91 Å². The lowest BCUT2D eigenvalue weighted by atomic mass is 9.86. The maximum atomic E-state index is 12.2. The molecule has 0 radical (unpaired) electrons. The molecule has 1 aliphatic heterocycles. The van der Waals surface area contributed by atoms with Gasteiger partial charge in [0.15, 0.2) is 5.41 Å². The zero-order valence-corrected chi connectivity index (χ0v) is 11.0. The molecule has 0 N–H and O–H groups in total. The van der Waals surface area contributed by atoms with Crippen LogP contribution < -0.4 is 4.74 Å². The lowest BCUT2D eigenvalue weighted by Gasteiger charge is -2.36. The van der Waals surface area contributed by atoms with E-state index in [0.29, 0.717) is 6.54 Å². The molecular formula is C14H16N2O3. The first kappa shape index (κ1) is 13.4. The van der Waals surface area contributed by atoms with E-state index in [0.717, 1.165) is 11.3 Å². The van der Waals surface area contributed by atoms with Gasteiger partial charge in [0.25, 0.3) is 0 Å². The van der Waals surface area contributed by atoms with Gasteiger partial charge in [0.05, 0.1) is 26.4 Å². The van der Waals surface area contributed by atoms with Crippen molar-refractivity contribution in [2.45, 2.75) is 6.54 Å². The van der Waals surface area contributed by atoms with Gasteiger partial charge in [-0.3, -0.25) is 4.79 Å². The zero-order chi connectivity index (χ0) is 13.9. The smallest absolute Gasteiger partial charge is 0.247 e. The molecule has 0 aromatic heterocycles. The van der Waals surface area contributed by atoms with Gasteiger partial charge in [0.1, 0.15) is 5.75 Å². The molecule has 0 bridgehead atoms. The fraction of sp³-hybridized carbons (Fsp3) is 0.429. The second-order valence-corrected chi connectivity index (χ2v) is 4.70. The Morgan fingerprint density at radius 1 is 1.47 bits per heavy atom.